The monoisotopic (exact) mass is 389 g/mol. The molecule has 0 aliphatic carbocycles. The SMILES string of the molecule is CCCNC(=O)c1cn(-c2nc(CNCc3ccncc3)c3ccccn23)cn1. The first-order chi connectivity index (χ1) is 14.3. The smallest absolute Gasteiger partial charge is 0.271 e. The molecule has 0 saturated heterocycles. The number of amides is 1. The fraction of sp³-hybridized carbons (Fsp3) is 0.238. The predicted molar refractivity (Wildman–Crippen MR) is 110 cm³/mol. The highest BCUT2D eigenvalue weighted by atomic mass is 16.1. The first kappa shape index (κ1) is 18.8. The van der Waals surface area contributed by atoms with Gasteiger partial charge < -0.3 is 10.6 Å². The van der Waals surface area contributed by atoms with Crippen molar-refractivity contribution in [2.45, 2.75) is 26.4 Å². The minimum absolute atomic E-state index is 0.175. The lowest BCUT2D eigenvalue weighted by Crippen LogP contribution is -2.24. The van der Waals surface area contributed by atoms with Gasteiger partial charge in [-0.25, -0.2) is 9.97 Å². The summed E-state index contributed by atoms with van der Waals surface area (Å²) in [5.74, 6) is 0.522. The molecule has 0 unspecified atom stereocenters. The summed E-state index contributed by atoms with van der Waals surface area (Å²) >= 11 is 0. The van der Waals surface area contributed by atoms with Crippen LogP contribution in [0.4, 0.5) is 0 Å². The topological polar surface area (TPSA) is 89.1 Å². The molecule has 4 aromatic rings. The number of pyridine rings is 2. The van der Waals surface area contributed by atoms with Crippen LogP contribution < -0.4 is 10.6 Å². The van der Waals surface area contributed by atoms with E-state index in [2.05, 4.69) is 20.6 Å². The van der Waals surface area contributed by atoms with Gasteiger partial charge in [0.1, 0.15) is 12.0 Å². The molecule has 0 bridgehead atoms. The highest BCUT2D eigenvalue weighted by Crippen LogP contribution is 2.17. The van der Waals surface area contributed by atoms with Gasteiger partial charge in [0.2, 0.25) is 5.95 Å². The fourth-order valence-electron chi connectivity index (χ4n) is 3.10. The summed E-state index contributed by atoms with van der Waals surface area (Å²) in [6.45, 7) is 4.00. The number of hydrogen-bond donors (Lipinski definition) is 2. The van der Waals surface area contributed by atoms with Crippen LogP contribution in [0, 0.1) is 0 Å². The van der Waals surface area contributed by atoms with Crippen molar-refractivity contribution in [3.63, 3.8) is 0 Å². The van der Waals surface area contributed by atoms with Gasteiger partial charge in [0.05, 0.1) is 11.2 Å². The maximum atomic E-state index is 12.2. The number of hydrogen-bond acceptors (Lipinski definition) is 5. The second-order valence-electron chi connectivity index (χ2n) is 6.70. The molecule has 1 amide bonds. The Hall–Kier alpha value is -3.52. The molecule has 0 spiro atoms. The van der Waals surface area contributed by atoms with E-state index < -0.39 is 0 Å². The van der Waals surface area contributed by atoms with E-state index in [4.69, 9.17) is 4.98 Å². The van der Waals surface area contributed by atoms with E-state index in [0.717, 1.165) is 24.2 Å². The van der Waals surface area contributed by atoms with E-state index in [1.54, 1.807) is 29.5 Å². The normalized spacial score (nSPS) is 11.1. The van der Waals surface area contributed by atoms with Crippen LogP contribution in [-0.4, -0.2) is 36.4 Å². The van der Waals surface area contributed by atoms with Crippen molar-refractivity contribution in [2.75, 3.05) is 6.54 Å². The number of rotatable bonds is 8. The van der Waals surface area contributed by atoms with E-state index >= 15 is 0 Å². The molecule has 0 radical (unpaired) electrons. The van der Waals surface area contributed by atoms with E-state index in [9.17, 15) is 4.79 Å². The molecule has 8 heteroatoms. The van der Waals surface area contributed by atoms with Crippen molar-refractivity contribution < 1.29 is 4.79 Å². The molecule has 0 fully saturated rings. The molecule has 0 atom stereocenters. The summed E-state index contributed by atoms with van der Waals surface area (Å²) in [4.78, 5) is 25.2. The number of carbonyl (C=O) groups excluding carboxylic acids is 1. The second kappa shape index (κ2) is 8.66. The molecule has 4 rings (SSSR count). The zero-order valence-electron chi connectivity index (χ0n) is 16.2. The average Bonchev–Trinajstić information content (AvgIpc) is 3.38. The van der Waals surface area contributed by atoms with Crippen molar-refractivity contribution >= 4 is 11.4 Å². The van der Waals surface area contributed by atoms with Gasteiger partial charge >= 0.3 is 0 Å². The lowest BCUT2D eigenvalue weighted by atomic mass is 10.2. The van der Waals surface area contributed by atoms with E-state index in [0.29, 0.717) is 24.7 Å². The Morgan fingerprint density at radius 2 is 2.00 bits per heavy atom. The zero-order chi connectivity index (χ0) is 20.1. The summed E-state index contributed by atoms with van der Waals surface area (Å²) in [5.41, 5.74) is 3.49. The van der Waals surface area contributed by atoms with Crippen LogP contribution in [-0.2, 0) is 13.1 Å². The summed E-state index contributed by atoms with van der Waals surface area (Å²) in [7, 11) is 0. The van der Waals surface area contributed by atoms with Crippen molar-refractivity contribution in [1.82, 2.24) is 34.6 Å². The van der Waals surface area contributed by atoms with Gasteiger partial charge in [-0.3, -0.25) is 18.7 Å². The second-order valence-corrected chi connectivity index (χ2v) is 6.70. The molecule has 4 heterocycles. The largest absolute Gasteiger partial charge is 0.351 e. The van der Waals surface area contributed by atoms with E-state index in [1.807, 2.05) is 47.9 Å². The van der Waals surface area contributed by atoms with Gasteiger partial charge in [0.15, 0.2) is 0 Å². The molecule has 0 saturated carbocycles. The molecule has 0 aromatic carbocycles. The molecular formula is C21H23N7O. The predicted octanol–water partition coefficient (Wildman–Crippen LogP) is 2.34. The summed E-state index contributed by atoms with van der Waals surface area (Å²) in [5, 5.41) is 6.27. The number of fused-ring (bicyclic) bond motifs is 1. The molecule has 8 nitrogen and oxygen atoms in total. The van der Waals surface area contributed by atoms with Gasteiger partial charge in [-0.05, 0) is 36.2 Å². The third-order valence-corrected chi connectivity index (χ3v) is 4.56. The number of aromatic nitrogens is 5. The summed E-state index contributed by atoms with van der Waals surface area (Å²) in [6.07, 6.45) is 9.74. The van der Waals surface area contributed by atoms with Gasteiger partial charge in [0.25, 0.3) is 5.91 Å². The Labute approximate surface area is 168 Å². The minimum atomic E-state index is -0.175. The third kappa shape index (κ3) is 4.17. The molecule has 0 aliphatic heterocycles. The Bertz CT molecular complexity index is 1100. The number of carbonyl (C=O) groups is 1. The highest BCUT2D eigenvalue weighted by molar-refractivity contribution is 5.92. The Kier molecular flexibility index (Phi) is 5.62. The van der Waals surface area contributed by atoms with Crippen LogP contribution in [0.25, 0.3) is 11.5 Å². The van der Waals surface area contributed by atoms with Crippen LogP contribution in [0.3, 0.4) is 0 Å². The van der Waals surface area contributed by atoms with E-state index in [-0.39, 0.29) is 5.91 Å². The average molecular weight is 389 g/mol. The molecule has 148 valence electrons. The molecule has 29 heavy (non-hydrogen) atoms. The molecular weight excluding hydrogens is 366 g/mol. The van der Waals surface area contributed by atoms with Crippen molar-refractivity contribution in [2.24, 2.45) is 0 Å². The van der Waals surface area contributed by atoms with Crippen LogP contribution in [0.1, 0.15) is 35.1 Å². The highest BCUT2D eigenvalue weighted by Gasteiger charge is 2.15. The first-order valence-corrected chi connectivity index (χ1v) is 9.64. The van der Waals surface area contributed by atoms with Crippen LogP contribution in [0.15, 0.2) is 61.4 Å². The minimum Gasteiger partial charge on any atom is -0.351 e. The summed E-state index contributed by atoms with van der Waals surface area (Å²) in [6, 6.07) is 9.95. The number of nitrogens with one attached hydrogen (secondary N) is 2. The van der Waals surface area contributed by atoms with Crippen molar-refractivity contribution in [3.8, 4) is 5.95 Å². The Morgan fingerprint density at radius 3 is 2.83 bits per heavy atom. The lowest BCUT2D eigenvalue weighted by molar-refractivity contribution is 0.0949. The van der Waals surface area contributed by atoms with Gasteiger partial charge in [-0.1, -0.05) is 13.0 Å². The van der Waals surface area contributed by atoms with Crippen LogP contribution in [0.5, 0.6) is 0 Å². The summed E-state index contributed by atoms with van der Waals surface area (Å²) < 4.78 is 3.78. The Balaban J connectivity index is 1.56. The fourth-order valence-corrected chi connectivity index (χ4v) is 3.10. The van der Waals surface area contributed by atoms with E-state index in [1.165, 1.54) is 5.56 Å². The van der Waals surface area contributed by atoms with Gasteiger partial charge in [0, 0.05) is 44.4 Å². The molecule has 4 aromatic heterocycles. The van der Waals surface area contributed by atoms with Crippen molar-refractivity contribution in [1.29, 1.82) is 0 Å². The number of imidazole rings is 2. The Morgan fingerprint density at radius 1 is 1.14 bits per heavy atom. The standard InChI is InChI=1S/C21H23N7O/c1-2-8-24-20(29)18-14-27(15-25-18)21-26-17(19-5-3-4-11-28(19)21)13-23-12-16-6-9-22-10-7-16/h3-7,9-11,14-15,23H,2,8,12-13H2,1H3,(H,24,29). The zero-order valence-corrected chi connectivity index (χ0v) is 16.2. The quantitative estimate of drug-likeness (QED) is 0.483. The van der Waals surface area contributed by atoms with Crippen molar-refractivity contribution in [3.05, 3.63) is 78.4 Å². The number of nitrogens with zero attached hydrogens (tertiary/aromatic N) is 5. The van der Waals surface area contributed by atoms with Crippen LogP contribution >= 0.6 is 0 Å². The first-order valence-electron chi connectivity index (χ1n) is 9.64. The third-order valence-electron chi connectivity index (χ3n) is 4.56. The molecule has 0 aliphatic rings. The van der Waals surface area contributed by atoms with Gasteiger partial charge in [-0.2, -0.15) is 0 Å². The lowest BCUT2D eigenvalue weighted by Gasteiger charge is -2.03. The maximum absolute atomic E-state index is 12.2. The van der Waals surface area contributed by atoms with Gasteiger partial charge in [-0.15, -0.1) is 0 Å². The molecule has 2 N–H and O–H groups in total. The maximum Gasteiger partial charge on any atom is 0.271 e. The van der Waals surface area contributed by atoms with Crippen LogP contribution in [0.2, 0.25) is 0 Å².